The molecule has 1 fully saturated rings. The molecule has 3 nitrogen and oxygen atoms in total. The molecule has 1 aliphatic rings. The summed E-state index contributed by atoms with van der Waals surface area (Å²) in [5.74, 6) is 0.391. The van der Waals surface area contributed by atoms with Crippen molar-refractivity contribution in [2.45, 2.75) is 24.7 Å². The van der Waals surface area contributed by atoms with Crippen LogP contribution in [0.5, 0.6) is 0 Å². The maximum atomic E-state index is 10.8. The number of amides is 1. The number of nitrogens with zero attached hydrogens (tertiary/aromatic N) is 1. The highest BCUT2D eigenvalue weighted by Crippen LogP contribution is 2.19. The highest BCUT2D eigenvalue weighted by Gasteiger charge is 2.24. The lowest BCUT2D eigenvalue weighted by Crippen LogP contribution is -2.45. The standard InChI is InChI=1S/C8H15BrN2O/c1-6-3-2-4-11(5-6)7(9)8(10)12/h6-7H,2-5H2,1H3,(H2,10,12). The van der Waals surface area contributed by atoms with E-state index in [-0.39, 0.29) is 10.9 Å². The van der Waals surface area contributed by atoms with Gasteiger partial charge in [-0.25, -0.2) is 0 Å². The van der Waals surface area contributed by atoms with Gasteiger partial charge in [0.25, 0.3) is 0 Å². The van der Waals surface area contributed by atoms with Crippen molar-refractivity contribution in [3.63, 3.8) is 0 Å². The number of nitrogens with two attached hydrogens (primary N) is 1. The number of alkyl halides is 1. The minimum Gasteiger partial charge on any atom is -0.368 e. The molecule has 1 heterocycles. The van der Waals surface area contributed by atoms with Crippen molar-refractivity contribution < 1.29 is 4.79 Å². The molecule has 2 N–H and O–H groups in total. The molecule has 2 atom stereocenters. The Kier molecular flexibility index (Phi) is 3.53. The van der Waals surface area contributed by atoms with Crippen molar-refractivity contribution in [2.24, 2.45) is 11.7 Å². The largest absolute Gasteiger partial charge is 0.368 e. The van der Waals surface area contributed by atoms with E-state index in [2.05, 4.69) is 27.8 Å². The maximum absolute atomic E-state index is 10.8. The van der Waals surface area contributed by atoms with Gasteiger partial charge in [-0.1, -0.05) is 22.9 Å². The van der Waals surface area contributed by atoms with Gasteiger partial charge >= 0.3 is 0 Å². The van der Waals surface area contributed by atoms with Crippen LogP contribution < -0.4 is 5.73 Å². The smallest absolute Gasteiger partial charge is 0.245 e. The number of hydrogen-bond donors (Lipinski definition) is 1. The van der Waals surface area contributed by atoms with Crippen LogP contribution >= 0.6 is 15.9 Å². The molecule has 70 valence electrons. The van der Waals surface area contributed by atoms with Crippen LogP contribution in [0.25, 0.3) is 0 Å². The Morgan fingerprint density at radius 3 is 2.92 bits per heavy atom. The van der Waals surface area contributed by atoms with E-state index in [0.717, 1.165) is 19.5 Å². The zero-order chi connectivity index (χ0) is 9.14. The fraction of sp³-hybridized carbons (Fsp3) is 0.875. The zero-order valence-corrected chi connectivity index (χ0v) is 8.88. The predicted molar refractivity (Wildman–Crippen MR) is 51.9 cm³/mol. The first-order valence-corrected chi connectivity index (χ1v) is 5.20. The Morgan fingerprint density at radius 1 is 1.75 bits per heavy atom. The van der Waals surface area contributed by atoms with Crippen LogP contribution in [0, 0.1) is 5.92 Å². The van der Waals surface area contributed by atoms with Gasteiger partial charge in [0.05, 0.1) is 0 Å². The molecule has 0 aliphatic carbocycles. The van der Waals surface area contributed by atoms with Crippen molar-refractivity contribution in [3.8, 4) is 0 Å². The fourth-order valence-corrected chi connectivity index (χ4v) is 1.98. The third-order valence-electron chi connectivity index (χ3n) is 2.24. The molecule has 2 unspecified atom stereocenters. The molecule has 0 spiro atoms. The molecule has 12 heavy (non-hydrogen) atoms. The Labute approximate surface area is 81.4 Å². The predicted octanol–water partition coefficient (Wildman–Crippen LogP) is 0.925. The van der Waals surface area contributed by atoms with Gasteiger partial charge in [-0.3, -0.25) is 9.69 Å². The quantitative estimate of drug-likeness (QED) is 0.571. The van der Waals surface area contributed by atoms with Gasteiger partial charge in [0, 0.05) is 6.54 Å². The lowest BCUT2D eigenvalue weighted by molar-refractivity contribution is -0.120. The van der Waals surface area contributed by atoms with Crippen molar-refractivity contribution in [1.29, 1.82) is 0 Å². The van der Waals surface area contributed by atoms with Crippen molar-refractivity contribution in [2.75, 3.05) is 13.1 Å². The van der Waals surface area contributed by atoms with E-state index in [0.29, 0.717) is 5.92 Å². The molecule has 1 saturated heterocycles. The van der Waals surface area contributed by atoms with Gasteiger partial charge in [-0.2, -0.15) is 0 Å². The van der Waals surface area contributed by atoms with E-state index in [1.165, 1.54) is 6.42 Å². The number of primary amides is 1. The number of rotatable bonds is 2. The number of likely N-dealkylation sites (tertiary alicyclic amines) is 1. The second-order valence-corrected chi connectivity index (χ2v) is 4.35. The molecular formula is C8H15BrN2O. The van der Waals surface area contributed by atoms with Crippen molar-refractivity contribution in [3.05, 3.63) is 0 Å². The third kappa shape index (κ3) is 2.45. The number of carbonyl (C=O) groups is 1. The van der Waals surface area contributed by atoms with Gasteiger partial charge in [0.2, 0.25) is 5.91 Å². The molecule has 0 aromatic rings. The third-order valence-corrected chi connectivity index (χ3v) is 3.27. The molecule has 0 aromatic carbocycles. The van der Waals surface area contributed by atoms with Crippen LogP contribution in [-0.4, -0.2) is 28.8 Å². The average molecular weight is 235 g/mol. The minimum atomic E-state index is -0.288. The van der Waals surface area contributed by atoms with Crippen LogP contribution in [0.15, 0.2) is 0 Å². The SMILES string of the molecule is CC1CCCN(C(Br)C(N)=O)C1. The number of halogens is 1. The molecule has 1 rings (SSSR count). The summed E-state index contributed by atoms with van der Waals surface area (Å²) in [7, 11) is 0. The van der Waals surface area contributed by atoms with Gasteiger partial charge in [0.15, 0.2) is 0 Å². The summed E-state index contributed by atoms with van der Waals surface area (Å²) in [6.45, 7) is 4.15. The average Bonchev–Trinajstić information content (AvgIpc) is 2.03. The van der Waals surface area contributed by atoms with E-state index in [1.54, 1.807) is 0 Å². The summed E-state index contributed by atoms with van der Waals surface area (Å²) < 4.78 is 0. The number of hydrogen-bond acceptors (Lipinski definition) is 2. The Bertz CT molecular complexity index is 174. The second-order valence-electron chi connectivity index (χ2n) is 3.48. The van der Waals surface area contributed by atoms with Crippen LogP contribution in [0.2, 0.25) is 0 Å². The first-order chi connectivity index (χ1) is 5.61. The molecule has 0 radical (unpaired) electrons. The minimum absolute atomic E-state index is 0.278. The summed E-state index contributed by atoms with van der Waals surface area (Å²) in [6.07, 6.45) is 2.42. The van der Waals surface area contributed by atoms with Crippen LogP contribution in [0.1, 0.15) is 19.8 Å². The normalized spacial score (nSPS) is 28.3. The lowest BCUT2D eigenvalue weighted by Gasteiger charge is -2.32. The van der Waals surface area contributed by atoms with Gasteiger partial charge in [-0.15, -0.1) is 0 Å². The van der Waals surface area contributed by atoms with Crippen LogP contribution in [0.4, 0.5) is 0 Å². The van der Waals surface area contributed by atoms with Gasteiger partial charge < -0.3 is 5.73 Å². The van der Waals surface area contributed by atoms with E-state index in [1.807, 2.05) is 0 Å². The Morgan fingerprint density at radius 2 is 2.42 bits per heavy atom. The van der Waals surface area contributed by atoms with E-state index in [9.17, 15) is 4.79 Å². The second kappa shape index (κ2) is 4.23. The molecule has 0 aromatic heterocycles. The van der Waals surface area contributed by atoms with Crippen LogP contribution in [0.3, 0.4) is 0 Å². The van der Waals surface area contributed by atoms with Crippen LogP contribution in [-0.2, 0) is 4.79 Å². The van der Waals surface area contributed by atoms with Crippen molar-refractivity contribution in [1.82, 2.24) is 4.90 Å². The maximum Gasteiger partial charge on any atom is 0.245 e. The summed E-state index contributed by atoms with van der Waals surface area (Å²) in [6, 6.07) is 0. The number of piperidine rings is 1. The molecule has 0 bridgehead atoms. The molecule has 1 amide bonds. The van der Waals surface area contributed by atoms with E-state index >= 15 is 0 Å². The molecular weight excluding hydrogens is 220 g/mol. The topological polar surface area (TPSA) is 46.3 Å². The lowest BCUT2D eigenvalue weighted by atomic mass is 10.0. The van der Waals surface area contributed by atoms with E-state index < -0.39 is 0 Å². The summed E-state index contributed by atoms with van der Waals surface area (Å²) in [5.41, 5.74) is 5.18. The fourth-order valence-electron chi connectivity index (χ4n) is 1.61. The molecule has 1 aliphatic heterocycles. The monoisotopic (exact) mass is 234 g/mol. The van der Waals surface area contributed by atoms with Gasteiger partial charge in [0.1, 0.15) is 4.95 Å². The number of carbonyl (C=O) groups excluding carboxylic acids is 1. The molecule has 4 heteroatoms. The highest BCUT2D eigenvalue weighted by molar-refractivity contribution is 9.09. The first kappa shape index (κ1) is 9.99. The summed E-state index contributed by atoms with van der Waals surface area (Å²) >= 11 is 3.28. The summed E-state index contributed by atoms with van der Waals surface area (Å²) in [4.78, 5) is 12.7. The first-order valence-electron chi connectivity index (χ1n) is 4.28. The van der Waals surface area contributed by atoms with E-state index in [4.69, 9.17) is 5.73 Å². The van der Waals surface area contributed by atoms with Crippen molar-refractivity contribution >= 4 is 21.8 Å². The highest BCUT2D eigenvalue weighted by atomic mass is 79.9. The molecule has 0 saturated carbocycles. The van der Waals surface area contributed by atoms with Gasteiger partial charge in [-0.05, 0) is 25.3 Å². The summed E-state index contributed by atoms with van der Waals surface area (Å²) in [5, 5.41) is 0. The Balaban J connectivity index is 2.45. The Hall–Kier alpha value is -0.0900. The zero-order valence-electron chi connectivity index (χ0n) is 7.29.